The van der Waals surface area contributed by atoms with Crippen LogP contribution in [-0.2, 0) is 10.0 Å². The SMILES string of the molecule is CS(=O)(=O)Nc1ccc(C(=O)Nc2ccc(-n3cnnc3)nc2)cc1. The predicted molar refractivity (Wildman–Crippen MR) is 92.0 cm³/mol. The van der Waals surface area contributed by atoms with Crippen LogP contribution in [0.5, 0.6) is 0 Å². The fourth-order valence-electron chi connectivity index (χ4n) is 2.04. The average molecular weight is 358 g/mol. The van der Waals surface area contributed by atoms with Crippen molar-refractivity contribution in [1.82, 2.24) is 19.7 Å². The van der Waals surface area contributed by atoms with Crippen LogP contribution in [0.25, 0.3) is 5.82 Å². The highest BCUT2D eigenvalue weighted by Gasteiger charge is 2.08. The molecule has 9 nitrogen and oxygen atoms in total. The standard InChI is InChI=1S/C15H14N6O3S/c1-25(23,24)20-12-4-2-11(3-5-12)15(22)19-13-6-7-14(16-8-13)21-9-17-18-10-21/h2-10,20H,1H3,(H,19,22). The number of anilines is 2. The van der Waals surface area contributed by atoms with Crippen molar-refractivity contribution in [2.45, 2.75) is 0 Å². The summed E-state index contributed by atoms with van der Waals surface area (Å²) < 4.78 is 26.3. The molecule has 2 heterocycles. The number of hydrogen-bond donors (Lipinski definition) is 2. The van der Waals surface area contributed by atoms with Crippen LogP contribution in [0, 0.1) is 0 Å². The lowest BCUT2D eigenvalue weighted by atomic mass is 10.2. The van der Waals surface area contributed by atoms with Crippen LogP contribution in [-0.4, -0.2) is 40.3 Å². The van der Waals surface area contributed by atoms with Gasteiger partial charge in [0.05, 0.1) is 18.1 Å². The molecule has 25 heavy (non-hydrogen) atoms. The summed E-state index contributed by atoms with van der Waals surface area (Å²) in [5.74, 6) is 0.295. The van der Waals surface area contributed by atoms with Gasteiger partial charge in [0.2, 0.25) is 10.0 Å². The molecule has 0 unspecified atom stereocenters. The summed E-state index contributed by atoms with van der Waals surface area (Å²) in [5.41, 5.74) is 1.31. The van der Waals surface area contributed by atoms with Crippen LogP contribution in [0.15, 0.2) is 55.2 Å². The van der Waals surface area contributed by atoms with Gasteiger partial charge in [0.15, 0.2) is 0 Å². The van der Waals surface area contributed by atoms with Crippen molar-refractivity contribution >= 4 is 27.3 Å². The first kappa shape index (κ1) is 16.6. The average Bonchev–Trinajstić information content (AvgIpc) is 3.09. The van der Waals surface area contributed by atoms with E-state index in [-0.39, 0.29) is 5.91 Å². The van der Waals surface area contributed by atoms with E-state index in [2.05, 4.69) is 25.2 Å². The quantitative estimate of drug-likeness (QED) is 0.709. The number of carbonyl (C=O) groups excluding carboxylic acids is 1. The van der Waals surface area contributed by atoms with Crippen molar-refractivity contribution in [2.75, 3.05) is 16.3 Å². The lowest BCUT2D eigenvalue weighted by Gasteiger charge is -2.07. The van der Waals surface area contributed by atoms with Crippen molar-refractivity contribution in [3.8, 4) is 5.82 Å². The number of hydrogen-bond acceptors (Lipinski definition) is 6. The van der Waals surface area contributed by atoms with E-state index in [9.17, 15) is 13.2 Å². The summed E-state index contributed by atoms with van der Waals surface area (Å²) in [6, 6.07) is 9.52. The van der Waals surface area contributed by atoms with Crippen molar-refractivity contribution < 1.29 is 13.2 Å². The molecular formula is C15H14N6O3S. The minimum absolute atomic E-state index is 0.329. The van der Waals surface area contributed by atoms with Crippen molar-refractivity contribution in [2.24, 2.45) is 0 Å². The van der Waals surface area contributed by atoms with Crippen LogP contribution in [0.3, 0.4) is 0 Å². The Labute approximate surface area is 143 Å². The fraction of sp³-hybridized carbons (Fsp3) is 0.0667. The van der Waals surface area contributed by atoms with E-state index in [0.29, 0.717) is 22.8 Å². The van der Waals surface area contributed by atoms with Crippen LogP contribution >= 0.6 is 0 Å². The first-order valence-corrected chi connectivity index (χ1v) is 9.00. The van der Waals surface area contributed by atoms with Gasteiger partial charge in [-0.1, -0.05) is 0 Å². The van der Waals surface area contributed by atoms with E-state index in [1.54, 1.807) is 16.7 Å². The van der Waals surface area contributed by atoms with Gasteiger partial charge < -0.3 is 5.32 Å². The topological polar surface area (TPSA) is 119 Å². The van der Waals surface area contributed by atoms with E-state index in [1.807, 2.05) is 0 Å². The first-order chi connectivity index (χ1) is 11.9. The van der Waals surface area contributed by atoms with Gasteiger partial charge in [-0.3, -0.25) is 14.1 Å². The van der Waals surface area contributed by atoms with Gasteiger partial charge in [0, 0.05) is 11.3 Å². The molecule has 0 saturated heterocycles. The maximum Gasteiger partial charge on any atom is 0.255 e. The fourth-order valence-corrected chi connectivity index (χ4v) is 2.60. The molecule has 2 aromatic heterocycles. The summed E-state index contributed by atoms with van der Waals surface area (Å²) in [6.07, 6.45) is 5.62. The molecule has 0 aliphatic carbocycles. The predicted octanol–water partition coefficient (Wildman–Crippen LogP) is 1.29. The van der Waals surface area contributed by atoms with E-state index in [0.717, 1.165) is 6.26 Å². The molecule has 0 aliphatic rings. The summed E-state index contributed by atoms with van der Waals surface area (Å²) in [4.78, 5) is 16.4. The largest absolute Gasteiger partial charge is 0.321 e. The highest BCUT2D eigenvalue weighted by Crippen LogP contribution is 2.14. The van der Waals surface area contributed by atoms with Crippen LogP contribution in [0.1, 0.15) is 10.4 Å². The number of sulfonamides is 1. The molecule has 0 aliphatic heterocycles. The molecule has 0 radical (unpaired) electrons. The van der Waals surface area contributed by atoms with E-state index in [4.69, 9.17) is 0 Å². The van der Waals surface area contributed by atoms with Gasteiger partial charge in [-0.05, 0) is 36.4 Å². The molecule has 0 bridgehead atoms. The summed E-state index contributed by atoms with van der Waals surface area (Å²) in [7, 11) is -3.35. The second-order valence-electron chi connectivity index (χ2n) is 5.18. The van der Waals surface area contributed by atoms with Crippen LogP contribution < -0.4 is 10.0 Å². The summed E-state index contributed by atoms with van der Waals surface area (Å²) in [6.45, 7) is 0. The Hall–Kier alpha value is -3.27. The Morgan fingerprint density at radius 3 is 2.20 bits per heavy atom. The molecule has 0 spiro atoms. The molecule has 0 fully saturated rings. The van der Waals surface area contributed by atoms with Crippen molar-refractivity contribution in [1.29, 1.82) is 0 Å². The van der Waals surface area contributed by atoms with Crippen LogP contribution in [0.2, 0.25) is 0 Å². The van der Waals surface area contributed by atoms with Gasteiger partial charge in [-0.15, -0.1) is 10.2 Å². The molecule has 3 aromatic rings. The molecule has 10 heteroatoms. The first-order valence-electron chi connectivity index (χ1n) is 7.11. The lowest BCUT2D eigenvalue weighted by Crippen LogP contribution is -2.13. The normalized spacial score (nSPS) is 11.1. The van der Waals surface area contributed by atoms with Crippen molar-refractivity contribution in [3.05, 3.63) is 60.8 Å². The second kappa shape index (κ2) is 6.69. The monoisotopic (exact) mass is 358 g/mol. The number of pyridine rings is 1. The highest BCUT2D eigenvalue weighted by molar-refractivity contribution is 7.92. The van der Waals surface area contributed by atoms with E-state index >= 15 is 0 Å². The Balaban J connectivity index is 1.67. The zero-order valence-corrected chi connectivity index (χ0v) is 13.9. The highest BCUT2D eigenvalue weighted by atomic mass is 32.2. The van der Waals surface area contributed by atoms with E-state index in [1.165, 1.54) is 43.1 Å². The van der Waals surface area contributed by atoms with E-state index < -0.39 is 10.0 Å². The Morgan fingerprint density at radius 1 is 1.00 bits per heavy atom. The molecule has 1 aromatic carbocycles. The molecule has 0 saturated carbocycles. The van der Waals surface area contributed by atoms with Crippen molar-refractivity contribution in [3.63, 3.8) is 0 Å². The Kier molecular flexibility index (Phi) is 4.44. The van der Waals surface area contributed by atoms with Gasteiger partial charge >= 0.3 is 0 Å². The number of benzene rings is 1. The minimum Gasteiger partial charge on any atom is -0.321 e. The molecule has 0 atom stereocenters. The lowest BCUT2D eigenvalue weighted by molar-refractivity contribution is 0.102. The number of amides is 1. The maximum absolute atomic E-state index is 12.2. The number of nitrogens with one attached hydrogen (secondary N) is 2. The third kappa shape index (κ3) is 4.38. The summed E-state index contributed by atoms with van der Waals surface area (Å²) in [5, 5.41) is 10.1. The summed E-state index contributed by atoms with van der Waals surface area (Å²) >= 11 is 0. The Bertz CT molecular complexity index is 967. The second-order valence-corrected chi connectivity index (χ2v) is 6.93. The molecule has 1 amide bonds. The molecular weight excluding hydrogens is 344 g/mol. The molecule has 2 N–H and O–H groups in total. The molecule has 128 valence electrons. The van der Waals surface area contributed by atoms with Gasteiger partial charge in [-0.25, -0.2) is 13.4 Å². The Morgan fingerprint density at radius 2 is 1.64 bits per heavy atom. The van der Waals surface area contributed by atoms with Gasteiger partial charge in [0.1, 0.15) is 18.5 Å². The molecule has 3 rings (SSSR count). The third-order valence-corrected chi connectivity index (χ3v) is 3.75. The number of carbonyl (C=O) groups is 1. The maximum atomic E-state index is 12.2. The minimum atomic E-state index is -3.35. The van der Waals surface area contributed by atoms with Crippen LogP contribution in [0.4, 0.5) is 11.4 Å². The number of rotatable bonds is 5. The number of aromatic nitrogens is 4. The zero-order chi connectivity index (χ0) is 17.9. The van der Waals surface area contributed by atoms with Gasteiger partial charge in [-0.2, -0.15) is 0 Å². The smallest absolute Gasteiger partial charge is 0.255 e. The zero-order valence-electron chi connectivity index (χ0n) is 13.1. The third-order valence-electron chi connectivity index (χ3n) is 3.14. The number of nitrogens with zero attached hydrogens (tertiary/aromatic N) is 4. The van der Waals surface area contributed by atoms with Gasteiger partial charge in [0.25, 0.3) is 5.91 Å².